The first kappa shape index (κ1) is 8.49. The van der Waals surface area contributed by atoms with Crippen molar-refractivity contribution in [1.29, 1.82) is 0 Å². The first-order chi connectivity index (χ1) is 5.22. The largest absolute Gasteiger partial charge is 0.359 e. The second-order valence-electron chi connectivity index (χ2n) is 1.94. The van der Waals surface area contributed by atoms with Gasteiger partial charge < -0.3 is 5.32 Å². The highest BCUT2D eigenvalue weighted by molar-refractivity contribution is 7.13. The van der Waals surface area contributed by atoms with Gasteiger partial charge in [-0.15, -0.1) is 11.3 Å². The fourth-order valence-electron chi connectivity index (χ4n) is 0.616. The van der Waals surface area contributed by atoms with Crippen LogP contribution in [-0.4, -0.2) is 17.9 Å². The molecule has 0 atom stereocenters. The van der Waals surface area contributed by atoms with E-state index < -0.39 is 0 Å². The van der Waals surface area contributed by atoms with Crippen molar-refractivity contribution in [2.45, 2.75) is 6.42 Å². The van der Waals surface area contributed by atoms with Gasteiger partial charge in [-0.05, 0) is 0 Å². The number of nitrogens with zero attached hydrogens (tertiary/aromatic N) is 1. The molecule has 0 fully saturated rings. The number of nitrogens with one attached hydrogen (secondary N) is 1. The van der Waals surface area contributed by atoms with E-state index in [2.05, 4.69) is 10.3 Å². The smallest absolute Gasteiger partial charge is 0.225 e. The van der Waals surface area contributed by atoms with Gasteiger partial charge in [-0.3, -0.25) is 4.79 Å². The van der Waals surface area contributed by atoms with E-state index in [4.69, 9.17) is 11.6 Å². The van der Waals surface area contributed by atoms with Crippen LogP contribution >= 0.6 is 22.9 Å². The molecule has 60 valence electrons. The average Bonchev–Trinajstić information content (AvgIpc) is 2.35. The Morgan fingerprint density at radius 2 is 2.64 bits per heavy atom. The van der Waals surface area contributed by atoms with Gasteiger partial charge in [0.15, 0.2) is 4.47 Å². The fraction of sp³-hybridized carbons (Fsp3) is 0.333. The van der Waals surface area contributed by atoms with Crippen LogP contribution < -0.4 is 5.32 Å². The van der Waals surface area contributed by atoms with E-state index in [1.54, 1.807) is 12.4 Å². The van der Waals surface area contributed by atoms with Crippen molar-refractivity contribution in [3.63, 3.8) is 0 Å². The minimum absolute atomic E-state index is 0.0491. The van der Waals surface area contributed by atoms with Gasteiger partial charge in [0.05, 0.1) is 12.1 Å². The van der Waals surface area contributed by atoms with Crippen LogP contribution in [0.2, 0.25) is 4.47 Å². The molecule has 3 nitrogen and oxygen atoms in total. The Kier molecular flexibility index (Phi) is 2.84. The number of amides is 1. The molecule has 0 saturated carbocycles. The van der Waals surface area contributed by atoms with Crippen molar-refractivity contribution in [1.82, 2.24) is 10.3 Å². The Hall–Kier alpha value is -0.610. The van der Waals surface area contributed by atoms with Gasteiger partial charge in [-0.2, -0.15) is 0 Å². The molecular weight excluding hydrogens is 184 g/mol. The van der Waals surface area contributed by atoms with Gasteiger partial charge >= 0.3 is 0 Å². The fourth-order valence-corrected chi connectivity index (χ4v) is 1.40. The summed E-state index contributed by atoms with van der Waals surface area (Å²) >= 11 is 6.89. The molecule has 0 saturated heterocycles. The minimum Gasteiger partial charge on any atom is -0.359 e. The van der Waals surface area contributed by atoms with Gasteiger partial charge in [0.1, 0.15) is 0 Å². The zero-order valence-corrected chi connectivity index (χ0v) is 7.50. The van der Waals surface area contributed by atoms with E-state index in [1.165, 1.54) is 11.3 Å². The molecule has 0 unspecified atom stereocenters. The number of thiazole rings is 1. The molecular formula is C6H7ClN2OS. The Morgan fingerprint density at radius 1 is 1.91 bits per heavy atom. The van der Waals surface area contributed by atoms with Gasteiger partial charge in [-0.25, -0.2) is 4.98 Å². The van der Waals surface area contributed by atoms with Crippen LogP contribution in [0.4, 0.5) is 0 Å². The molecule has 1 rings (SSSR count). The first-order valence-corrected chi connectivity index (χ1v) is 4.28. The molecule has 0 bridgehead atoms. The normalized spacial score (nSPS) is 9.64. The van der Waals surface area contributed by atoms with Crippen LogP contribution in [0.1, 0.15) is 5.69 Å². The summed E-state index contributed by atoms with van der Waals surface area (Å²) in [4.78, 5) is 14.7. The molecule has 1 aromatic rings. The lowest BCUT2D eigenvalue weighted by Gasteiger charge is -1.93. The van der Waals surface area contributed by atoms with Crippen molar-refractivity contribution >= 4 is 28.8 Å². The molecule has 0 spiro atoms. The van der Waals surface area contributed by atoms with Gasteiger partial charge in [0, 0.05) is 12.4 Å². The molecule has 11 heavy (non-hydrogen) atoms. The summed E-state index contributed by atoms with van der Waals surface area (Å²) in [6.45, 7) is 0. The molecule has 0 radical (unpaired) electrons. The third kappa shape index (κ3) is 2.48. The van der Waals surface area contributed by atoms with Crippen LogP contribution in [-0.2, 0) is 11.2 Å². The van der Waals surface area contributed by atoms with Crippen LogP contribution in [0, 0.1) is 0 Å². The summed E-state index contributed by atoms with van der Waals surface area (Å²) < 4.78 is 0.476. The van der Waals surface area contributed by atoms with Crippen LogP contribution in [0.5, 0.6) is 0 Å². The van der Waals surface area contributed by atoms with E-state index in [0.717, 1.165) is 5.69 Å². The van der Waals surface area contributed by atoms with Crippen molar-refractivity contribution in [2.75, 3.05) is 7.05 Å². The summed E-state index contributed by atoms with van der Waals surface area (Å²) in [7, 11) is 1.59. The Labute approximate surface area is 73.4 Å². The minimum atomic E-state index is -0.0491. The maximum absolute atomic E-state index is 10.8. The topological polar surface area (TPSA) is 42.0 Å². The zero-order chi connectivity index (χ0) is 8.27. The third-order valence-corrected chi connectivity index (χ3v) is 2.17. The highest BCUT2D eigenvalue weighted by atomic mass is 35.5. The lowest BCUT2D eigenvalue weighted by atomic mass is 10.3. The van der Waals surface area contributed by atoms with Crippen molar-refractivity contribution in [3.8, 4) is 0 Å². The number of hydrogen-bond acceptors (Lipinski definition) is 3. The number of likely N-dealkylation sites (N-methyl/N-ethyl adjacent to an activating group) is 1. The second kappa shape index (κ2) is 3.69. The molecule has 1 heterocycles. The van der Waals surface area contributed by atoms with E-state index in [1.807, 2.05) is 0 Å². The molecule has 0 aliphatic heterocycles. The van der Waals surface area contributed by atoms with Gasteiger partial charge in [0.25, 0.3) is 0 Å². The van der Waals surface area contributed by atoms with E-state index in [9.17, 15) is 4.79 Å². The molecule has 5 heteroatoms. The molecule has 1 N–H and O–H groups in total. The molecule has 0 aliphatic rings. The maximum atomic E-state index is 10.8. The number of rotatable bonds is 2. The third-order valence-electron chi connectivity index (χ3n) is 1.14. The second-order valence-corrected chi connectivity index (χ2v) is 3.38. The summed E-state index contributed by atoms with van der Waals surface area (Å²) in [6.07, 6.45) is 0.305. The number of halogens is 1. The van der Waals surface area contributed by atoms with E-state index >= 15 is 0 Å². The summed E-state index contributed by atoms with van der Waals surface area (Å²) in [5.74, 6) is -0.0491. The van der Waals surface area contributed by atoms with Gasteiger partial charge in [-0.1, -0.05) is 11.6 Å². The standard InChI is InChI=1S/C6H7ClN2OS/c1-8-5(10)2-4-3-11-6(7)9-4/h3H,2H2,1H3,(H,8,10). The Morgan fingerprint density at radius 3 is 3.09 bits per heavy atom. The highest BCUT2D eigenvalue weighted by Gasteiger charge is 2.03. The SMILES string of the molecule is CNC(=O)Cc1csc(Cl)n1. The number of carbonyl (C=O) groups is 1. The first-order valence-electron chi connectivity index (χ1n) is 3.03. The lowest BCUT2D eigenvalue weighted by molar-refractivity contribution is -0.120. The van der Waals surface area contributed by atoms with Crippen LogP contribution in [0.15, 0.2) is 5.38 Å². The van der Waals surface area contributed by atoms with Crippen LogP contribution in [0.25, 0.3) is 0 Å². The number of hydrogen-bond donors (Lipinski definition) is 1. The monoisotopic (exact) mass is 190 g/mol. The number of carbonyl (C=O) groups excluding carboxylic acids is 1. The molecule has 1 amide bonds. The Bertz CT molecular complexity index is 261. The number of aromatic nitrogens is 1. The van der Waals surface area contributed by atoms with Crippen molar-refractivity contribution < 1.29 is 4.79 Å². The Balaban J connectivity index is 2.57. The van der Waals surface area contributed by atoms with Crippen molar-refractivity contribution in [2.24, 2.45) is 0 Å². The predicted molar refractivity (Wildman–Crippen MR) is 44.9 cm³/mol. The maximum Gasteiger partial charge on any atom is 0.225 e. The molecule has 0 aromatic carbocycles. The highest BCUT2D eigenvalue weighted by Crippen LogP contribution is 2.14. The summed E-state index contributed by atoms with van der Waals surface area (Å²) in [6, 6.07) is 0. The molecule has 1 aromatic heterocycles. The molecule has 0 aliphatic carbocycles. The average molecular weight is 191 g/mol. The summed E-state index contributed by atoms with van der Waals surface area (Å²) in [5.41, 5.74) is 0.722. The predicted octanol–water partition coefficient (Wildman–Crippen LogP) is 1.08. The quantitative estimate of drug-likeness (QED) is 0.759. The van der Waals surface area contributed by atoms with E-state index in [0.29, 0.717) is 10.9 Å². The van der Waals surface area contributed by atoms with E-state index in [-0.39, 0.29) is 5.91 Å². The van der Waals surface area contributed by atoms with Crippen LogP contribution in [0.3, 0.4) is 0 Å². The van der Waals surface area contributed by atoms with Gasteiger partial charge in [0.2, 0.25) is 5.91 Å². The lowest BCUT2D eigenvalue weighted by Crippen LogP contribution is -2.19. The zero-order valence-electron chi connectivity index (χ0n) is 5.93. The summed E-state index contributed by atoms with van der Waals surface area (Å²) in [5, 5.41) is 4.28. The van der Waals surface area contributed by atoms with Crippen molar-refractivity contribution in [3.05, 3.63) is 15.5 Å².